The third-order valence-corrected chi connectivity index (χ3v) is 13.2. The van der Waals surface area contributed by atoms with Crippen LogP contribution in [0.4, 0.5) is 0 Å². The van der Waals surface area contributed by atoms with Gasteiger partial charge in [-0.15, -0.1) is 0 Å². The Hall–Kier alpha value is -10.1. The highest BCUT2D eigenvalue weighted by molar-refractivity contribution is 6.40. The molecule has 0 N–H and O–H groups in total. The Morgan fingerprint density at radius 3 is 1.04 bits per heavy atom. The molecule has 0 saturated heterocycles. The summed E-state index contributed by atoms with van der Waals surface area (Å²) in [6.45, 7) is 0. The summed E-state index contributed by atoms with van der Waals surface area (Å²) in [6, 6.07) is 73.5. The minimum atomic E-state index is 0.417. The second-order valence-electron chi connectivity index (χ2n) is 16.9. The van der Waals surface area contributed by atoms with E-state index in [2.05, 4.69) is 86.5 Å². The molecule has 9 nitrogen and oxygen atoms in total. The van der Waals surface area contributed by atoms with E-state index in [9.17, 15) is 15.8 Å². The van der Waals surface area contributed by atoms with Crippen molar-refractivity contribution in [2.24, 2.45) is 0 Å². The molecule has 0 bridgehead atoms. The van der Waals surface area contributed by atoms with Gasteiger partial charge in [0.15, 0.2) is 17.5 Å². The molecule has 9 aromatic carbocycles. The van der Waals surface area contributed by atoms with Gasteiger partial charge in [0, 0.05) is 49.0 Å². The molecule has 0 aliphatic carbocycles. The van der Waals surface area contributed by atoms with E-state index >= 15 is 0 Å². The zero-order chi connectivity index (χ0) is 46.2. The highest BCUT2D eigenvalue weighted by Crippen LogP contribution is 2.51. The van der Waals surface area contributed by atoms with Gasteiger partial charge in [0.2, 0.25) is 0 Å². The van der Waals surface area contributed by atoms with Crippen LogP contribution < -0.4 is 0 Å². The van der Waals surface area contributed by atoms with Crippen molar-refractivity contribution in [1.29, 1.82) is 15.8 Å². The average Bonchev–Trinajstić information content (AvgIpc) is 4.07. The van der Waals surface area contributed by atoms with Crippen molar-refractivity contribution in [1.82, 2.24) is 28.7 Å². The van der Waals surface area contributed by atoms with Crippen LogP contribution in [-0.2, 0) is 0 Å². The summed E-state index contributed by atoms with van der Waals surface area (Å²) in [6.07, 6.45) is 0. The zero-order valence-corrected chi connectivity index (χ0v) is 36.6. The molecule has 13 aromatic rings. The Labute approximate surface area is 394 Å². The number of rotatable bonds is 6. The van der Waals surface area contributed by atoms with Crippen LogP contribution in [0.2, 0.25) is 0 Å². The average molecular weight is 880 g/mol. The maximum Gasteiger partial charge on any atom is 0.164 e. The van der Waals surface area contributed by atoms with E-state index in [1.54, 1.807) is 0 Å². The first-order valence-electron chi connectivity index (χ1n) is 22.5. The van der Waals surface area contributed by atoms with Gasteiger partial charge in [-0.1, -0.05) is 140 Å². The fraction of sp³-hybridized carbons (Fsp3) is 0. The third kappa shape index (κ3) is 5.84. The Morgan fingerprint density at radius 2 is 0.638 bits per heavy atom. The standard InChI is InChI=1S/C60H33N9/c61-34-40-21-7-12-26-46(40)67-49-28-14-9-23-43(49)52-55-53(44-24-10-15-29-50(44)68(55)47-27-13-8-22-41(47)35-62)57-54(56(52)67)45-25-11-16-30-51(45)69(57)48-32-31-39(33-42(48)36-63)60-65-58(37-17-3-1-4-18-37)64-59(66-60)38-19-5-2-6-20-38/h1-33H. The summed E-state index contributed by atoms with van der Waals surface area (Å²) in [5, 5.41) is 38.5. The fourth-order valence-electron chi connectivity index (χ4n) is 10.3. The SMILES string of the molecule is N#Cc1ccccc1-n1c2ccccc2c2c1c1c3ccccc3n(-c3ccc(-c4nc(-c5ccccc5)nc(-c5ccccc5)n4)cc3C#N)c1c1c3ccccc3n(-c3ccccc3C#N)c21. The molecular formula is C60H33N9. The van der Waals surface area contributed by atoms with Crippen molar-refractivity contribution in [3.05, 3.63) is 217 Å². The Balaban J connectivity index is 1.21. The largest absolute Gasteiger partial charge is 0.307 e. The van der Waals surface area contributed by atoms with Crippen molar-refractivity contribution < 1.29 is 0 Å². The van der Waals surface area contributed by atoms with E-state index in [0.29, 0.717) is 45.4 Å². The molecule has 0 unspecified atom stereocenters. The molecule has 0 saturated carbocycles. The molecule has 9 heteroatoms. The molecule has 0 aliphatic rings. The second-order valence-corrected chi connectivity index (χ2v) is 16.9. The molecular weight excluding hydrogens is 847 g/mol. The van der Waals surface area contributed by atoms with E-state index in [1.165, 1.54) is 0 Å². The van der Waals surface area contributed by atoms with Crippen molar-refractivity contribution in [3.63, 3.8) is 0 Å². The third-order valence-electron chi connectivity index (χ3n) is 13.2. The van der Waals surface area contributed by atoms with Crippen LogP contribution in [0.15, 0.2) is 200 Å². The Kier molecular flexibility index (Phi) is 8.82. The van der Waals surface area contributed by atoms with Gasteiger partial charge in [-0.05, 0) is 60.7 Å². The van der Waals surface area contributed by atoms with Crippen LogP contribution in [0, 0.1) is 34.0 Å². The highest BCUT2D eigenvalue weighted by atomic mass is 15.1. The van der Waals surface area contributed by atoms with Crippen LogP contribution in [0.5, 0.6) is 0 Å². The lowest BCUT2D eigenvalue weighted by molar-refractivity contribution is 1.07. The highest BCUT2D eigenvalue weighted by Gasteiger charge is 2.30. The number of fused-ring (bicyclic) bond motifs is 12. The maximum absolute atomic E-state index is 11.3. The van der Waals surface area contributed by atoms with Crippen LogP contribution in [-0.4, -0.2) is 28.7 Å². The van der Waals surface area contributed by atoms with Gasteiger partial charge in [0.05, 0.1) is 66.9 Å². The summed E-state index contributed by atoms with van der Waals surface area (Å²) in [5.41, 5.74) is 11.4. The quantitative estimate of drug-likeness (QED) is 0.164. The van der Waals surface area contributed by atoms with Gasteiger partial charge in [-0.2, -0.15) is 15.8 Å². The number of aromatic nitrogens is 6. The molecule has 0 aliphatic heterocycles. The van der Waals surface area contributed by atoms with E-state index in [4.69, 9.17) is 15.0 Å². The number of benzene rings is 9. The molecule has 0 atom stereocenters. The smallest absolute Gasteiger partial charge is 0.164 e. The monoisotopic (exact) mass is 879 g/mol. The van der Waals surface area contributed by atoms with Gasteiger partial charge < -0.3 is 13.7 Å². The summed E-state index contributed by atoms with van der Waals surface area (Å²) in [7, 11) is 0. The molecule has 4 heterocycles. The van der Waals surface area contributed by atoms with Gasteiger partial charge in [-0.25, -0.2) is 15.0 Å². The van der Waals surface area contributed by atoms with Crippen LogP contribution in [0.1, 0.15) is 16.7 Å². The number of nitrogens with zero attached hydrogens (tertiary/aromatic N) is 9. The van der Waals surface area contributed by atoms with E-state index in [0.717, 1.165) is 87.9 Å². The van der Waals surface area contributed by atoms with Gasteiger partial charge >= 0.3 is 0 Å². The lowest BCUT2D eigenvalue weighted by Crippen LogP contribution is -2.02. The van der Waals surface area contributed by atoms with Crippen molar-refractivity contribution >= 4 is 65.4 Å². The summed E-state index contributed by atoms with van der Waals surface area (Å²) in [5.74, 6) is 1.49. The van der Waals surface area contributed by atoms with E-state index in [-0.39, 0.29) is 0 Å². The first-order chi connectivity index (χ1) is 34.1. The summed E-state index contributed by atoms with van der Waals surface area (Å²) < 4.78 is 6.67. The first-order valence-corrected chi connectivity index (χ1v) is 22.5. The molecule has 4 aromatic heterocycles. The summed E-state index contributed by atoms with van der Waals surface area (Å²) >= 11 is 0. The van der Waals surface area contributed by atoms with Crippen molar-refractivity contribution in [3.8, 4) is 69.4 Å². The predicted molar refractivity (Wildman–Crippen MR) is 273 cm³/mol. The lowest BCUT2D eigenvalue weighted by Gasteiger charge is -2.15. The number of nitriles is 3. The topological polar surface area (TPSA) is 125 Å². The maximum atomic E-state index is 11.3. The number of hydrogen-bond donors (Lipinski definition) is 0. The molecule has 0 amide bonds. The predicted octanol–water partition coefficient (Wildman–Crippen LogP) is 13.8. The van der Waals surface area contributed by atoms with E-state index in [1.807, 2.05) is 146 Å². The van der Waals surface area contributed by atoms with E-state index < -0.39 is 0 Å². The molecule has 0 spiro atoms. The number of para-hydroxylation sites is 5. The van der Waals surface area contributed by atoms with Crippen LogP contribution >= 0.6 is 0 Å². The van der Waals surface area contributed by atoms with Gasteiger partial charge in [-0.3, -0.25) is 0 Å². The summed E-state index contributed by atoms with van der Waals surface area (Å²) in [4.78, 5) is 14.9. The fourth-order valence-corrected chi connectivity index (χ4v) is 10.3. The molecule has 13 rings (SSSR count). The minimum absolute atomic E-state index is 0.417. The number of hydrogen-bond acceptors (Lipinski definition) is 6. The zero-order valence-electron chi connectivity index (χ0n) is 36.6. The van der Waals surface area contributed by atoms with Crippen molar-refractivity contribution in [2.45, 2.75) is 0 Å². The van der Waals surface area contributed by atoms with Crippen LogP contribution in [0.3, 0.4) is 0 Å². The normalized spacial score (nSPS) is 11.4. The van der Waals surface area contributed by atoms with Gasteiger partial charge in [0.25, 0.3) is 0 Å². The minimum Gasteiger partial charge on any atom is -0.307 e. The Bertz CT molecular complexity index is 4260. The molecule has 0 radical (unpaired) electrons. The molecule has 0 fully saturated rings. The lowest BCUT2D eigenvalue weighted by atomic mass is 10.0. The second kappa shape index (κ2) is 15.5. The van der Waals surface area contributed by atoms with Crippen LogP contribution in [0.25, 0.3) is 117 Å². The Morgan fingerprint density at radius 1 is 0.304 bits per heavy atom. The molecule has 69 heavy (non-hydrogen) atoms. The van der Waals surface area contributed by atoms with Gasteiger partial charge in [0.1, 0.15) is 18.2 Å². The van der Waals surface area contributed by atoms with Crippen molar-refractivity contribution in [2.75, 3.05) is 0 Å². The molecule has 318 valence electrons. The first kappa shape index (κ1) is 39.2.